The number of nitrogens with one attached hydrogen (secondary N) is 1. The van der Waals surface area contributed by atoms with Gasteiger partial charge in [0.1, 0.15) is 0 Å². The Balaban J connectivity index is 1.74. The molecule has 1 unspecified atom stereocenters. The van der Waals surface area contributed by atoms with Gasteiger partial charge in [-0.25, -0.2) is 0 Å². The van der Waals surface area contributed by atoms with Crippen molar-refractivity contribution in [1.82, 2.24) is 10.2 Å². The molecule has 5 heteroatoms. The molecule has 1 aliphatic rings. The Bertz CT molecular complexity index is 712. The molecule has 0 bridgehead atoms. The van der Waals surface area contributed by atoms with E-state index in [4.69, 9.17) is 4.74 Å². The van der Waals surface area contributed by atoms with Crippen molar-refractivity contribution in [2.75, 3.05) is 32.8 Å². The van der Waals surface area contributed by atoms with Gasteiger partial charge in [0.2, 0.25) is 0 Å². The summed E-state index contributed by atoms with van der Waals surface area (Å²) in [6, 6.07) is 16.2. The molecule has 1 N–H and O–H groups in total. The third kappa shape index (κ3) is 4.69. The fraction of sp³-hybridized carbons (Fsp3) is 0.350. The maximum atomic E-state index is 12.6. The van der Waals surface area contributed by atoms with Crippen molar-refractivity contribution in [3.63, 3.8) is 0 Å². The van der Waals surface area contributed by atoms with Crippen LogP contribution in [-0.4, -0.2) is 43.7 Å². The average molecular weight is 403 g/mol. The summed E-state index contributed by atoms with van der Waals surface area (Å²) in [5, 5.41) is 3.10. The van der Waals surface area contributed by atoms with Crippen molar-refractivity contribution in [1.29, 1.82) is 0 Å². The van der Waals surface area contributed by atoms with Crippen LogP contribution in [0.5, 0.6) is 0 Å². The number of hydrogen-bond acceptors (Lipinski definition) is 3. The Hall–Kier alpha value is -1.69. The molecule has 1 amide bonds. The number of nitrogens with zero attached hydrogens (tertiary/aromatic N) is 1. The number of ether oxygens (including phenoxy) is 1. The van der Waals surface area contributed by atoms with E-state index < -0.39 is 0 Å². The first-order valence-corrected chi connectivity index (χ1v) is 9.35. The highest BCUT2D eigenvalue weighted by molar-refractivity contribution is 9.10. The lowest BCUT2D eigenvalue weighted by Gasteiger charge is -2.35. The Morgan fingerprint density at radius 1 is 1.16 bits per heavy atom. The highest BCUT2D eigenvalue weighted by atomic mass is 79.9. The fourth-order valence-corrected chi connectivity index (χ4v) is 3.53. The summed E-state index contributed by atoms with van der Waals surface area (Å²) in [5.41, 5.74) is 3.12. The van der Waals surface area contributed by atoms with E-state index >= 15 is 0 Å². The Kier molecular flexibility index (Phi) is 6.24. The van der Waals surface area contributed by atoms with E-state index in [-0.39, 0.29) is 11.9 Å². The molecule has 2 aromatic rings. The molecule has 1 heterocycles. The number of rotatable bonds is 5. The largest absolute Gasteiger partial charge is 0.379 e. The van der Waals surface area contributed by atoms with Gasteiger partial charge in [-0.2, -0.15) is 0 Å². The minimum Gasteiger partial charge on any atom is -0.379 e. The number of aryl methyl sites for hydroxylation is 1. The Morgan fingerprint density at radius 3 is 2.52 bits per heavy atom. The third-order valence-electron chi connectivity index (χ3n) is 4.52. The highest BCUT2D eigenvalue weighted by Crippen LogP contribution is 2.22. The van der Waals surface area contributed by atoms with Gasteiger partial charge in [-0.1, -0.05) is 42.0 Å². The fourth-order valence-electron chi connectivity index (χ4n) is 3.07. The molecule has 0 aromatic heterocycles. The number of carbonyl (C=O) groups excluding carboxylic acids is 1. The first kappa shape index (κ1) is 18.1. The van der Waals surface area contributed by atoms with Crippen molar-refractivity contribution in [2.24, 2.45) is 0 Å². The van der Waals surface area contributed by atoms with Gasteiger partial charge in [0.25, 0.3) is 5.91 Å². The maximum Gasteiger partial charge on any atom is 0.252 e. The lowest BCUT2D eigenvalue weighted by Crippen LogP contribution is -2.43. The molecule has 0 saturated carbocycles. The minimum absolute atomic E-state index is 0.0575. The molecule has 0 radical (unpaired) electrons. The topological polar surface area (TPSA) is 41.6 Å². The van der Waals surface area contributed by atoms with Crippen LogP contribution in [0, 0.1) is 6.92 Å². The van der Waals surface area contributed by atoms with E-state index in [9.17, 15) is 4.79 Å². The molecular formula is C20H23BrN2O2. The van der Waals surface area contributed by atoms with Crippen LogP contribution < -0.4 is 5.32 Å². The monoisotopic (exact) mass is 402 g/mol. The second-order valence-corrected chi connectivity index (χ2v) is 7.12. The second-order valence-electron chi connectivity index (χ2n) is 6.26. The summed E-state index contributed by atoms with van der Waals surface area (Å²) >= 11 is 3.45. The highest BCUT2D eigenvalue weighted by Gasteiger charge is 2.23. The molecule has 132 valence electrons. The van der Waals surface area contributed by atoms with Crippen LogP contribution >= 0.6 is 15.9 Å². The van der Waals surface area contributed by atoms with Crippen molar-refractivity contribution >= 4 is 21.8 Å². The number of benzene rings is 2. The van der Waals surface area contributed by atoms with Gasteiger partial charge in [0, 0.05) is 24.1 Å². The van der Waals surface area contributed by atoms with Gasteiger partial charge < -0.3 is 10.1 Å². The average Bonchev–Trinajstić information content (AvgIpc) is 2.64. The zero-order valence-corrected chi connectivity index (χ0v) is 16.0. The quantitative estimate of drug-likeness (QED) is 0.830. The van der Waals surface area contributed by atoms with E-state index in [1.165, 1.54) is 11.1 Å². The van der Waals surface area contributed by atoms with E-state index in [1.807, 2.05) is 24.3 Å². The summed E-state index contributed by atoms with van der Waals surface area (Å²) in [5.74, 6) is -0.0575. The molecule has 25 heavy (non-hydrogen) atoms. The van der Waals surface area contributed by atoms with Gasteiger partial charge in [0.05, 0.1) is 24.8 Å². The van der Waals surface area contributed by atoms with Gasteiger partial charge in [-0.15, -0.1) is 0 Å². The van der Waals surface area contributed by atoms with E-state index in [0.717, 1.165) is 30.8 Å². The lowest BCUT2D eigenvalue weighted by molar-refractivity contribution is 0.0162. The number of amides is 1. The number of morpholine rings is 1. The predicted molar refractivity (Wildman–Crippen MR) is 103 cm³/mol. The molecule has 3 rings (SSSR count). The summed E-state index contributed by atoms with van der Waals surface area (Å²) < 4.78 is 6.29. The van der Waals surface area contributed by atoms with Crippen molar-refractivity contribution in [3.05, 3.63) is 69.7 Å². The van der Waals surface area contributed by atoms with Gasteiger partial charge in [-0.3, -0.25) is 9.69 Å². The molecular weight excluding hydrogens is 380 g/mol. The molecule has 1 atom stereocenters. The van der Waals surface area contributed by atoms with Crippen LogP contribution in [0.15, 0.2) is 53.0 Å². The van der Waals surface area contributed by atoms with E-state index in [1.54, 1.807) is 0 Å². The molecule has 1 aliphatic heterocycles. The van der Waals surface area contributed by atoms with Gasteiger partial charge in [-0.05, 0) is 40.5 Å². The number of carbonyl (C=O) groups is 1. The van der Waals surface area contributed by atoms with E-state index in [0.29, 0.717) is 12.1 Å². The standard InChI is InChI=1S/C20H23BrN2O2/c1-15-6-8-16(9-7-15)19(23-10-12-25-13-11-23)14-22-20(24)17-4-2-3-5-18(17)21/h2-9,19H,10-14H2,1H3,(H,22,24). The van der Waals surface area contributed by atoms with Crippen LogP contribution in [0.4, 0.5) is 0 Å². The summed E-state index contributed by atoms with van der Waals surface area (Å²) in [6.07, 6.45) is 0. The smallest absolute Gasteiger partial charge is 0.252 e. The van der Waals surface area contributed by atoms with Crippen LogP contribution in [0.25, 0.3) is 0 Å². The molecule has 0 spiro atoms. The van der Waals surface area contributed by atoms with Crippen molar-refractivity contribution in [3.8, 4) is 0 Å². The Labute approximate surface area is 157 Å². The van der Waals surface area contributed by atoms with Crippen molar-refractivity contribution in [2.45, 2.75) is 13.0 Å². The van der Waals surface area contributed by atoms with E-state index in [2.05, 4.69) is 57.3 Å². The second kappa shape index (κ2) is 8.61. The normalized spacial score (nSPS) is 16.4. The molecule has 4 nitrogen and oxygen atoms in total. The third-order valence-corrected chi connectivity index (χ3v) is 5.21. The number of halogens is 1. The summed E-state index contributed by atoms with van der Waals surface area (Å²) in [4.78, 5) is 14.9. The summed E-state index contributed by atoms with van der Waals surface area (Å²) in [6.45, 7) is 5.89. The molecule has 0 aliphatic carbocycles. The first-order valence-electron chi connectivity index (χ1n) is 8.56. The Morgan fingerprint density at radius 2 is 1.84 bits per heavy atom. The van der Waals surface area contributed by atoms with Crippen LogP contribution in [0.1, 0.15) is 27.5 Å². The van der Waals surface area contributed by atoms with Crippen LogP contribution in [0.2, 0.25) is 0 Å². The first-order chi connectivity index (χ1) is 12.1. The maximum absolute atomic E-state index is 12.6. The van der Waals surface area contributed by atoms with Crippen molar-refractivity contribution < 1.29 is 9.53 Å². The van der Waals surface area contributed by atoms with Crippen LogP contribution in [-0.2, 0) is 4.74 Å². The molecule has 2 aromatic carbocycles. The molecule has 1 fully saturated rings. The summed E-state index contributed by atoms with van der Waals surface area (Å²) in [7, 11) is 0. The predicted octanol–water partition coefficient (Wildman–Crippen LogP) is 3.56. The van der Waals surface area contributed by atoms with Gasteiger partial charge >= 0.3 is 0 Å². The SMILES string of the molecule is Cc1ccc(C(CNC(=O)c2ccccc2Br)N2CCOCC2)cc1. The number of hydrogen-bond donors (Lipinski definition) is 1. The lowest BCUT2D eigenvalue weighted by atomic mass is 10.0. The zero-order chi connectivity index (χ0) is 17.6. The van der Waals surface area contributed by atoms with Gasteiger partial charge in [0.15, 0.2) is 0 Å². The minimum atomic E-state index is -0.0575. The zero-order valence-electron chi connectivity index (χ0n) is 14.4. The molecule has 1 saturated heterocycles. The van der Waals surface area contributed by atoms with Crippen LogP contribution in [0.3, 0.4) is 0 Å².